The first-order chi connectivity index (χ1) is 13.3. The fourth-order valence-corrected chi connectivity index (χ4v) is 2.26. The Hall–Kier alpha value is -2.78. The zero-order valence-electron chi connectivity index (χ0n) is 16.0. The topological polar surface area (TPSA) is 84.6 Å². The quantitative estimate of drug-likeness (QED) is 0.523. The molecule has 0 saturated heterocycles. The third kappa shape index (κ3) is 7.09. The molecule has 0 aliphatic carbocycles. The van der Waals surface area contributed by atoms with E-state index in [1.807, 2.05) is 20.8 Å². The van der Waals surface area contributed by atoms with Crippen LogP contribution in [0.1, 0.15) is 44.0 Å². The van der Waals surface area contributed by atoms with Gasteiger partial charge in [0.1, 0.15) is 5.75 Å². The van der Waals surface area contributed by atoms with Gasteiger partial charge >= 0.3 is 6.36 Å². The standard InChI is InChI=1S/C18H24F3N5O2/c1-4-22-17(23-10-9-15-25-16(12(2)3)26-28-15)24-11-13-7-5-6-8-14(13)27-18(19,20)21/h5-8,12H,4,9-11H2,1-3H3,(H2,22,23,24). The summed E-state index contributed by atoms with van der Waals surface area (Å²) in [5.74, 6) is 1.55. The lowest BCUT2D eigenvalue weighted by molar-refractivity contribution is -0.274. The van der Waals surface area contributed by atoms with Crippen LogP contribution < -0.4 is 15.4 Å². The molecule has 2 N–H and O–H groups in total. The lowest BCUT2D eigenvalue weighted by Crippen LogP contribution is -2.38. The number of nitrogens with one attached hydrogen (secondary N) is 2. The van der Waals surface area contributed by atoms with Gasteiger partial charge in [-0.05, 0) is 13.0 Å². The number of ether oxygens (including phenoxy) is 1. The zero-order chi connectivity index (χ0) is 20.6. The van der Waals surface area contributed by atoms with E-state index >= 15 is 0 Å². The van der Waals surface area contributed by atoms with Crippen LogP contribution in [0.5, 0.6) is 5.75 Å². The lowest BCUT2D eigenvalue weighted by atomic mass is 10.2. The summed E-state index contributed by atoms with van der Waals surface area (Å²) in [6.45, 7) is 6.95. The van der Waals surface area contributed by atoms with Crippen molar-refractivity contribution in [3.8, 4) is 5.75 Å². The fraction of sp³-hybridized carbons (Fsp3) is 0.500. The SMILES string of the molecule is CCNC(=NCc1ccccc1OC(F)(F)F)NCCc1nc(C(C)C)no1. The number of aromatic nitrogens is 2. The summed E-state index contributed by atoms with van der Waals surface area (Å²) in [6, 6.07) is 5.92. The minimum absolute atomic E-state index is 0.0274. The number of alkyl halides is 3. The van der Waals surface area contributed by atoms with Gasteiger partial charge in [-0.15, -0.1) is 13.2 Å². The van der Waals surface area contributed by atoms with E-state index in [9.17, 15) is 13.2 Å². The highest BCUT2D eigenvalue weighted by Crippen LogP contribution is 2.26. The molecule has 0 amide bonds. The summed E-state index contributed by atoms with van der Waals surface area (Å²) in [5, 5.41) is 10.0. The van der Waals surface area contributed by atoms with Gasteiger partial charge < -0.3 is 19.9 Å². The molecule has 154 valence electrons. The van der Waals surface area contributed by atoms with Gasteiger partial charge in [-0.1, -0.05) is 37.2 Å². The number of rotatable bonds is 8. The smallest absolute Gasteiger partial charge is 0.405 e. The summed E-state index contributed by atoms with van der Waals surface area (Å²) in [4.78, 5) is 8.61. The molecular formula is C18H24F3N5O2. The Morgan fingerprint density at radius 2 is 2.00 bits per heavy atom. The van der Waals surface area contributed by atoms with E-state index in [1.165, 1.54) is 12.1 Å². The molecule has 0 spiro atoms. The van der Waals surface area contributed by atoms with E-state index in [0.29, 0.717) is 42.7 Å². The molecule has 1 heterocycles. The monoisotopic (exact) mass is 399 g/mol. The molecule has 2 rings (SSSR count). The molecule has 0 radical (unpaired) electrons. The molecule has 0 aliphatic rings. The van der Waals surface area contributed by atoms with Gasteiger partial charge in [-0.2, -0.15) is 4.98 Å². The predicted molar refractivity (Wildman–Crippen MR) is 98.0 cm³/mol. The van der Waals surface area contributed by atoms with Crippen molar-refractivity contribution in [1.82, 2.24) is 20.8 Å². The van der Waals surface area contributed by atoms with Gasteiger partial charge in [0.25, 0.3) is 0 Å². The van der Waals surface area contributed by atoms with Gasteiger partial charge in [-0.25, -0.2) is 4.99 Å². The highest BCUT2D eigenvalue weighted by molar-refractivity contribution is 5.79. The van der Waals surface area contributed by atoms with Crippen LogP contribution in [0.3, 0.4) is 0 Å². The van der Waals surface area contributed by atoms with Crippen LogP contribution in [-0.4, -0.2) is 35.6 Å². The molecule has 0 saturated carbocycles. The average Bonchev–Trinajstić information content (AvgIpc) is 3.09. The van der Waals surface area contributed by atoms with Crippen molar-refractivity contribution >= 4 is 5.96 Å². The first kappa shape index (κ1) is 21.5. The minimum Gasteiger partial charge on any atom is -0.405 e. The number of para-hydroxylation sites is 1. The van der Waals surface area contributed by atoms with Gasteiger partial charge in [0.15, 0.2) is 11.8 Å². The summed E-state index contributed by atoms with van der Waals surface area (Å²) in [6.07, 6.45) is -4.25. The number of benzene rings is 1. The summed E-state index contributed by atoms with van der Waals surface area (Å²) < 4.78 is 46.8. The van der Waals surface area contributed by atoms with E-state index in [2.05, 4.69) is 30.5 Å². The summed E-state index contributed by atoms with van der Waals surface area (Å²) >= 11 is 0. The van der Waals surface area contributed by atoms with E-state index in [0.717, 1.165) is 0 Å². The molecule has 0 fully saturated rings. The van der Waals surface area contributed by atoms with Crippen molar-refractivity contribution in [1.29, 1.82) is 0 Å². The highest BCUT2D eigenvalue weighted by atomic mass is 19.4. The maximum Gasteiger partial charge on any atom is 0.573 e. The molecule has 1 aromatic heterocycles. The molecule has 10 heteroatoms. The Morgan fingerprint density at radius 1 is 1.25 bits per heavy atom. The second-order valence-corrected chi connectivity index (χ2v) is 6.23. The Kier molecular flexibility index (Phi) is 7.65. The fourth-order valence-electron chi connectivity index (χ4n) is 2.26. The van der Waals surface area contributed by atoms with Gasteiger partial charge in [0, 0.05) is 31.0 Å². The van der Waals surface area contributed by atoms with Gasteiger partial charge in [-0.3, -0.25) is 0 Å². The van der Waals surface area contributed by atoms with Crippen molar-refractivity contribution in [2.24, 2.45) is 4.99 Å². The molecule has 28 heavy (non-hydrogen) atoms. The first-order valence-electron chi connectivity index (χ1n) is 8.96. The van der Waals surface area contributed by atoms with Crippen LogP contribution in [0.25, 0.3) is 0 Å². The van der Waals surface area contributed by atoms with Crippen LogP contribution >= 0.6 is 0 Å². The van der Waals surface area contributed by atoms with E-state index in [4.69, 9.17) is 4.52 Å². The molecule has 0 bridgehead atoms. The molecule has 0 aliphatic heterocycles. The summed E-state index contributed by atoms with van der Waals surface area (Å²) in [5.41, 5.74) is 0.329. The average molecular weight is 399 g/mol. The number of halogens is 3. The largest absolute Gasteiger partial charge is 0.573 e. The van der Waals surface area contributed by atoms with E-state index in [1.54, 1.807) is 12.1 Å². The molecule has 1 aromatic carbocycles. The number of guanidine groups is 1. The summed E-state index contributed by atoms with van der Waals surface area (Å²) in [7, 11) is 0. The Balaban J connectivity index is 1.96. The van der Waals surface area contributed by atoms with Crippen molar-refractivity contribution < 1.29 is 22.4 Å². The van der Waals surface area contributed by atoms with Crippen LogP contribution in [0.2, 0.25) is 0 Å². The Labute approximate surface area is 161 Å². The zero-order valence-corrected chi connectivity index (χ0v) is 16.0. The van der Waals surface area contributed by atoms with Crippen molar-refractivity contribution in [3.05, 3.63) is 41.5 Å². The van der Waals surface area contributed by atoms with Crippen molar-refractivity contribution in [2.75, 3.05) is 13.1 Å². The Morgan fingerprint density at radius 3 is 2.64 bits per heavy atom. The first-order valence-corrected chi connectivity index (χ1v) is 8.96. The Bertz CT molecular complexity index is 775. The van der Waals surface area contributed by atoms with Crippen molar-refractivity contribution in [2.45, 2.75) is 46.0 Å². The number of hydrogen-bond donors (Lipinski definition) is 2. The molecule has 2 aromatic rings. The third-order valence-electron chi connectivity index (χ3n) is 3.58. The van der Waals surface area contributed by atoms with Gasteiger partial charge in [0.2, 0.25) is 5.89 Å². The van der Waals surface area contributed by atoms with Gasteiger partial charge in [0.05, 0.1) is 6.54 Å². The normalized spacial score (nSPS) is 12.3. The molecule has 0 unspecified atom stereocenters. The maximum absolute atomic E-state index is 12.5. The van der Waals surface area contributed by atoms with Crippen LogP contribution in [0.4, 0.5) is 13.2 Å². The number of hydrogen-bond acceptors (Lipinski definition) is 5. The highest BCUT2D eigenvalue weighted by Gasteiger charge is 2.31. The number of aliphatic imine (C=N–C) groups is 1. The lowest BCUT2D eigenvalue weighted by Gasteiger charge is -2.13. The van der Waals surface area contributed by atoms with Crippen LogP contribution in [0, 0.1) is 0 Å². The second kappa shape index (κ2) is 9.95. The molecule has 0 atom stereocenters. The van der Waals surface area contributed by atoms with E-state index in [-0.39, 0.29) is 18.2 Å². The maximum atomic E-state index is 12.5. The minimum atomic E-state index is -4.75. The number of nitrogens with zero attached hydrogens (tertiary/aromatic N) is 3. The van der Waals surface area contributed by atoms with Crippen molar-refractivity contribution in [3.63, 3.8) is 0 Å². The predicted octanol–water partition coefficient (Wildman–Crippen LogP) is 3.39. The van der Waals surface area contributed by atoms with Crippen LogP contribution in [-0.2, 0) is 13.0 Å². The third-order valence-corrected chi connectivity index (χ3v) is 3.58. The van der Waals surface area contributed by atoms with E-state index < -0.39 is 6.36 Å². The van der Waals surface area contributed by atoms with Crippen LogP contribution in [0.15, 0.2) is 33.8 Å². The molecule has 7 nitrogen and oxygen atoms in total. The molecular weight excluding hydrogens is 375 g/mol. The second-order valence-electron chi connectivity index (χ2n) is 6.23.